The zero-order valence-corrected chi connectivity index (χ0v) is 8.40. The number of aromatic carboxylic acids is 1. The highest BCUT2D eigenvalue weighted by atomic mass is 16.6. The van der Waals surface area contributed by atoms with Gasteiger partial charge in [-0.3, -0.25) is 10.1 Å². The largest absolute Gasteiger partial charge is 0.478 e. The smallest absolute Gasteiger partial charge is 0.335 e. The summed E-state index contributed by atoms with van der Waals surface area (Å²) in [7, 11) is 0. The average Bonchev–Trinajstić information content (AvgIpc) is 2.27. The van der Waals surface area contributed by atoms with Crippen LogP contribution in [0.25, 0.3) is 0 Å². The van der Waals surface area contributed by atoms with Crippen molar-refractivity contribution in [3.05, 3.63) is 33.4 Å². The molecular formula is C10H10N2O4. The van der Waals surface area contributed by atoms with Crippen molar-refractivity contribution in [3.63, 3.8) is 0 Å². The number of aryl methyl sites for hydroxylation is 1. The molecule has 0 radical (unpaired) electrons. The highest BCUT2D eigenvalue weighted by molar-refractivity contribution is 5.90. The summed E-state index contributed by atoms with van der Waals surface area (Å²) in [6.45, 7) is 0.681. The number of fused-ring (bicyclic) bond motifs is 1. The number of carboxylic acids is 1. The fourth-order valence-electron chi connectivity index (χ4n) is 1.85. The van der Waals surface area contributed by atoms with Crippen LogP contribution in [0, 0.1) is 10.1 Å². The van der Waals surface area contributed by atoms with Crippen molar-refractivity contribution in [3.8, 4) is 0 Å². The number of carboxylic acid groups (broad SMARTS) is 1. The molecule has 6 heteroatoms. The Morgan fingerprint density at radius 2 is 2.25 bits per heavy atom. The lowest BCUT2D eigenvalue weighted by Crippen LogP contribution is -2.14. The molecule has 0 bridgehead atoms. The molecule has 0 atom stereocenters. The number of hydrogen-bond donors (Lipinski definition) is 2. The van der Waals surface area contributed by atoms with Crippen LogP contribution in [0.5, 0.6) is 0 Å². The lowest BCUT2D eigenvalue weighted by molar-refractivity contribution is -0.384. The van der Waals surface area contributed by atoms with Crippen LogP contribution in [0.1, 0.15) is 22.3 Å². The van der Waals surface area contributed by atoms with Crippen LogP contribution in [0.3, 0.4) is 0 Å². The summed E-state index contributed by atoms with van der Waals surface area (Å²) in [4.78, 5) is 21.1. The Balaban J connectivity index is 2.61. The third-order valence-corrected chi connectivity index (χ3v) is 2.57. The van der Waals surface area contributed by atoms with Crippen molar-refractivity contribution in [2.45, 2.75) is 12.8 Å². The van der Waals surface area contributed by atoms with Crippen molar-refractivity contribution in [2.24, 2.45) is 0 Å². The van der Waals surface area contributed by atoms with Gasteiger partial charge in [0.2, 0.25) is 0 Å². The first-order valence-corrected chi connectivity index (χ1v) is 4.88. The van der Waals surface area contributed by atoms with Crippen LogP contribution in [0.15, 0.2) is 12.1 Å². The molecule has 1 heterocycles. The molecule has 1 aliphatic heterocycles. The maximum Gasteiger partial charge on any atom is 0.335 e. The quantitative estimate of drug-likeness (QED) is 0.586. The Kier molecular flexibility index (Phi) is 2.47. The van der Waals surface area contributed by atoms with Crippen molar-refractivity contribution >= 4 is 17.3 Å². The molecule has 6 nitrogen and oxygen atoms in total. The third-order valence-electron chi connectivity index (χ3n) is 2.57. The molecule has 0 saturated carbocycles. The SMILES string of the molecule is O=C(O)c1cc2c(c([N+](=O)[O-])c1)NCCC2. The van der Waals surface area contributed by atoms with E-state index >= 15 is 0 Å². The fourth-order valence-corrected chi connectivity index (χ4v) is 1.85. The second-order valence-electron chi connectivity index (χ2n) is 3.62. The number of nitro benzene ring substituents is 1. The van der Waals surface area contributed by atoms with Crippen LogP contribution in [-0.2, 0) is 6.42 Å². The van der Waals surface area contributed by atoms with Gasteiger partial charge in [0.1, 0.15) is 5.69 Å². The Hall–Kier alpha value is -2.11. The van der Waals surface area contributed by atoms with Crippen LogP contribution in [0.4, 0.5) is 11.4 Å². The Bertz CT molecular complexity index is 470. The van der Waals surface area contributed by atoms with Crippen molar-refractivity contribution in [1.82, 2.24) is 0 Å². The molecule has 2 N–H and O–H groups in total. The number of rotatable bonds is 2. The van der Waals surface area contributed by atoms with E-state index in [9.17, 15) is 14.9 Å². The molecule has 1 aliphatic rings. The van der Waals surface area contributed by atoms with Gasteiger partial charge in [0.05, 0.1) is 10.5 Å². The maximum atomic E-state index is 10.8. The third kappa shape index (κ3) is 1.69. The van der Waals surface area contributed by atoms with Crippen LogP contribution >= 0.6 is 0 Å². The van der Waals surface area contributed by atoms with Gasteiger partial charge in [-0.15, -0.1) is 0 Å². The second kappa shape index (κ2) is 3.80. The number of hydrogen-bond acceptors (Lipinski definition) is 4. The highest BCUT2D eigenvalue weighted by Gasteiger charge is 2.23. The molecule has 0 aliphatic carbocycles. The molecule has 0 unspecified atom stereocenters. The summed E-state index contributed by atoms with van der Waals surface area (Å²) in [6.07, 6.45) is 1.53. The average molecular weight is 222 g/mol. The summed E-state index contributed by atoms with van der Waals surface area (Å²) in [5.41, 5.74) is 0.975. The van der Waals surface area contributed by atoms with E-state index in [1.54, 1.807) is 0 Å². The zero-order chi connectivity index (χ0) is 11.7. The topological polar surface area (TPSA) is 92.5 Å². The normalized spacial score (nSPS) is 13.8. The van der Waals surface area contributed by atoms with E-state index in [1.165, 1.54) is 6.07 Å². The van der Waals surface area contributed by atoms with Crippen LogP contribution in [0.2, 0.25) is 0 Å². The molecule has 0 saturated heterocycles. The Morgan fingerprint density at radius 1 is 1.50 bits per heavy atom. The number of anilines is 1. The van der Waals surface area contributed by atoms with Gasteiger partial charge in [-0.2, -0.15) is 0 Å². The molecular weight excluding hydrogens is 212 g/mol. The fraction of sp³-hybridized carbons (Fsp3) is 0.300. The number of nitrogens with zero attached hydrogens (tertiary/aromatic N) is 1. The van der Waals surface area contributed by atoms with E-state index in [4.69, 9.17) is 5.11 Å². The van der Waals surface area contributed by atoms with Gasteiger partial charge in [0.15, 0.2) is 0 Å². The summed E-state index contributed by atoms with van der Waals surface area (Å²) in [6, 6.07) is 2.59. The molecule has 1 aromatic rings. The number of benzene rings is 1. The van der Waals surface area contributed by atoms with Gasteiger partial charge in [-0.25, -0.2) is 4.79 Å². The number of carbonyl (C=O) groups is 1. The Morgan fingerprint density at radius 3 is 2.88 bits per heavy atom. The monoisotopic (exact) mass is 222 g/mol. The molecule has 16 heavy (non-hydrogen) atoms. The summed E-state index contributed by atoms with van der Waals surface area (Å²) < 4.78 is 0. The molecule has 2 rings (SSSR count). The minimum Gasteiger partial charge on any atom is -0.478 e. The van der Waals surface area contributed by atoms with Gasteiger partial charge < -0.3 is 10.4 Å². The summed E-state index contributed by atoms with van der Waals surface area (Å²) in [5.74, 6) is -1.14. The second-order valence-corrected chi connectivity index (χ2v) is 3.62. The lowest BCUT2D eigenvalue weighted by atomic mass is 9.99. The molecule has 0 amide bonds. The zero-order valence-electron chi connectivity index (χ0n) is 8.40. The standard InChI is InChI=1S/C10H10N2O4/c13-10(14)7-4-6-2-1-3-11-9(6)8(5-7)12(15)16/h4-5,11H,1-3H2,(H,13,14). The van der Waals surface area contributed by atoms with E-state index in [0.717, 1.165) is 12.5 Å². The van der Waals surface area contributed by atoms with Crippen molar-refractivity contribution in [2.75, 3.05) is 11.9 Å². The van der Waals surface area contributed by atoms with Gasteiger partial charge in [-0.1, -0.05) is 0 Å². The van der Waals surface area contributed by atoms with E-state index in [2.05, 4.69) is 5.32 Å². The minimum atomic E-state index is -1.14. The molecule has 1 aromatic carbocycles. The van der Waals surface area contributed by atoms with E-state index in [-0.39, 0.29) is 11.3 Å². The lowest BCUT2D eigenvalue weighted by Gasteiger charge is -2.18. The Labute approximate surface area is 91.0 Å². The number of nitro groups is 1. The molecule has 0 fully saturated rings. The predicted molar refractivity (Wildman–Crippen MR) is 56.9 cm³/mol. The molecule has 0 aromatic heterocycles. The van der Waals surface area contributed by atoms with Gasteiger partial charge in [0, 0.05) is 12.6 Å². The first-order chi connectivity index (χ1) is 7.59. The van der Waals surface area contributed by atoms with Gasteiger partial charge >= 0.3 is 5.97 Å². The summed E-state index contributed by atoms with van der Waals surface area (Å²) >= 11 is 0. The molecule has 0 spiro atoms. The number of nitrogens with one attached hydrogen (secondary N) is 1. The van der Waals surface area contributed by atoms with Crippen molar-refractivity contribution < 1.29 is 14.8 Å². The first-order valence-electron chi connectivity index (χ1n) is 4.88. The van der Waals surface area contributed by atoms with E-state index < -0.39 is 10.9 Å². The summed E-state index contributed by atoms with van der Waals surface area (Å²) in [5, 5.41) is 22.6. The van der Waals surface area contributed by atoms with Crippen molar-refractivity contribution in [1.29, 1.82) is 0 Å². The van der Waals surface area contributed by atoms with Crippen LogP contribution in [-0.4, -0.2) is 22.5 Å². The minimum absolute atomic E-state index is 0.0332. The first kappa shape index (κ1) is 10.4. The van der Waals surface area contributed by atoms with Gasteiger partial charge in [0.25, 0.3) is 5.69 Å². The van der Waals surface area contributed by atoms with E-state index in [1.807, 2.05) is 0 Å². The van der Waals surface area contributed by atoms with Gasteiger partial charge in [-0.05, 0) is 24.5 Å². The molecule has 84 valence electrons. The maximum absolute atomic E-state index is 10.8. The highest BCUT2D eigenvalue weighted by Crippen LogP contribution is 2.33. The van der Waals surface area contributed by atoms with E-state index in [0.29, 0.717) is 24.2 Å². The predicted octanol–water partition coefficient (Wildman–Crippen LogP) is 1.65. The van der Waals surface area contributed by atoms with Crippen LogP contribution < -0.4 is 5.32 Å².